The number of carbonyl (C=O) groups is 1. The predicted octanol–water partition coefficient (Wildman–Crippen LogP) is 1.13. The van der Waals surface area contributed by atoms with Crippen LogP contribution in [0.4, 0.5) is 4.79 Å². The van der Waals surface area contributed by atoms with Crippen molar-refractivity contribution in [1.82, 2.24) is 19.6 Å². The molecule has 0 saturated carbocycles. The van der Waals surface area contributed by atoms with E-state index in [2.05, 4.69) is 12.0 Å². The molecule has 0 spiro atoms. The summed E-state index contributed by atoms with van der Waals surface area (Å²) in [7, 11) is 5.25. The van der Waals surface area contributed by atoms with Crippen molar-refractivity contribution in [2.24, 2.45) is 0 Å². The zero-order chi connectivity index (χ0) is 14.0. The average Bonchev–Trinajstić information content (AvgIpc) is 2.81. The van der Waals surface area contributed by atoms with Crippen molar-refractivity contribution in [3.05, 3.63) is 17.5 Å². The third kappa shape index (κ3) is 2.58. The van der Waals surface area contributed by atoms with E-state index in [1.807, 2.05) is 15.8 Å². The SMILES string of the molecule is CCn1ncc2c1[C@@H](COC)CN(C(=O)N(C)C)C2. The average molecular weight is 266 g/mol. The summed E-state index contributed by atoms with van der Waals surface area (Å²) in [6.07, 6.45) is 1.87. The molecule has 1 aliphatic heterocycles. The normalized spacial score (nSPS) is 18.3. The Bertz CT molecular complexity index is 455. The molecule has 1 aromatic rings. The fraction of sp³-hybridized carbons (Fsp3) is 0.692. The Morgan fingerprint density at radius 3 is 2.89 bits per heavy atom. The molecule has 0 fully saturated rings. The van der Waals surface area contributed by atoms with E-state index >= 15 is 0 Å². The molecule has 2 rings (SSSR count). The summed E-state index contributed by atoms with van der Waals surface area (Å²) in [4.78, 5) is 15.6. The van der Waals surface area contributed by atoms with E-state index in [1.54, 1.807) is 26.1 Å². The van der Waals surface area contributed by atoms with Crippen LogP contribution in [0.15, 0.2) is 6.20 Å². The molecule has 0 saturated heterocycles. The molecule has 1 aliphatic rings. The predicted molar refractivity (Wildman–Crippen MR) is 72.0 cm³/mol. The van der Waals surface area contributed by atoms with Crippen LogP contribution in [-0.2, 0) is 17.8 Å². The molecular formula is C13H22N4O2. The number of rotatable bonds is 3. The highest BCUT2D eigenvalue weighted by atomic mass is 16.5. The van der Waals surface area contributed by atoms with Gasteiger partial charge in [0.2, 0.25) is 0 Å². The maximum absolute atomic E-state index is 12.1. The molecule has 0 aliphatic carbocycles. The van der Waals surface area contributed by atoms with Crippen LogP contribution >= 0.6 is 0 Å². The van der Waals surface area contributed by atoms with Crippen LogP contribution in [0.25, 0.3) is 0 Å². The number of aromatic nitrogens is 2. The van der Waals surface area contributed by atoms with Gasteiger partial charge < -0.3 is 14.5 Å². The number of carbonyl (C=O) groups excluding carboxylic acids is 1. The summed E-state index contributed by atoms with van der Waals surface area (Å²) in [5.74, 6) is 0.195. The monoisotopic (exact) mass is 266 g/mol. The van der Waals surface area contributed by atoms with Crippen molar-refractivity contribution in [2.75, 3.05) is 34.4 Å². The molecule has 2 amide bonds. The summed E-state index contributed by atoms with van der Waals surface area (Å²) in [6.45, 7) is 4.84. The molecule has 106 valence electrons. The Morgan fingerprint density at radius 1 is 1.58 bits per heavy atom. The summed E-state index contributed by atoms with van der Waals surface area (Å²) in [6, 6.07) is 0.0380. The second-order valence-electron chi connectivity index (χ2n) is 5.08. The van der Waals surface area contributed by atoms with Crippen molar-refractivity contribution in [2.45, 2.75) is 25.9 Å². The van der Waals surface area contributed by atoms with Crippen molar-refractivity contribution < 1.29 is 9.53 Å². The quantitative estimate of drug-likeness (QED) is 0.824. The van der Waals surface area contributed by atoms with Crippen molar-refractivity contribution in [3.63, 3.8) is 0 Å². The number of ether oxygens (including phenoxy) is 1. The Hall–Kier alpha value is -1.56. The molecule has 6 nitrogen and oxygen atoms in total. The highest BCUT2D eigenvalue weighted by Crippen LogP contribution is 2.29. The topological polar surface area (TPSA) is 50.6 Å². The van der Waals surface area contributed by atoms with E-state index in [0.29, 0.717) is 19.7 Å². The molecule has 6 heteroatoms. The van der Waals surface area contributed by atoms with Gasteiger partial charge in [0, 0.05) is 45.8 Å². The van der Waals surface area contributed by atoms with Gasteiger partial charge in [0.05, 0.1) is 25.0 Å². The van der Waals surface area contributed by atoms with Gasteiger partial charge in [-0.2, -0.15) is 5.10 Å². The van der Waals surface area contributed by atoms with E-state index in [-0.39, 0.29) is 11.9 Å². The van der Waals surface area contributed by atoms with Crippen LogP contribution < -0.4 is 0 Å². The molecule has 0 N–H and O–H groups in total. The number of amides is 2. The minimum atomic E-state index is 0.0380. The molecule has 1 atom stereocenters. The Morgan fingerprint density at radius 2 is 2.32 bits per heavy atom. The first-order valence-corrected chi connectivity index (χ1v) is 6.58. The Balaban J connectivity index is 2.29. The second kappa shape index (κ2) is 5.61. The summed E-state index contributed by atoms with van der Waals surface area (Å²) in [5.41, 5.74) is 2.34. The Kier molecular flexibility index (Phi) is 4.09. The first kappa shape index (κ1) is 13.9. The van der Waals surface area contributed by atoms with Gasteiger partial charge in [-0.25, -0.2) is 4.79 Å². The molecule has 2 heterocycles. The number of aryl methyl sites for hydroxylation is 1. The lowest BCUT2D eigenvalue weighted by Gasteiger charge is -2.34. The largest absolute Gasteiger partial charge is 0.384 e. The maximum atomic E-state index is 12.1. The van der Waals surface area contributed by atoms with E-state index < -0.39 is 0 Å². The smallest absolute Gasteiger partial charge is 0.319 e. The van der Waals surface area contributed by atoms with Crippen LogP contribution in [0.2, 0.25) is 0 Å². The lowest BCUT2D eigenvalue weighted by Crippen LogP contribution is -2.44. The Labute approximate surface area is 113 Å². The van der Waals surface area contributed by atoms with Gasteiger partial charge in [-0.1, -0.05) is 0 Å². The fourth-order valence-corrected chi connectivity index (χ4v) is 2.66. The molecule has 0 radical (unpaired) electrons. The molecule has 0 aromatic carbocycles. The standard InChI is InChI=1S/C13H22N4O2/c1-5-17-12-10(6-14-17)7-16(13(18)15(2)3)8-11(12)9-19-4/h6,11H,5,7-9H2,1-4H3/t11-/m1/s1. The lowest BCUT2D eigenvalue weighted by molar-refractivity contribution is 0.128. The minimum absolute atomic E-state index is 0.0380. The van der Waals surface area contributed by atoms with Gasteiger partial charge in [0.15, 0.2) is 0 Å². The van der Waals surface area contributed by atoms with Gasteiger partial charge in [0.1, 0.15) is 0 Å². The number of fused-ring (bicyclic) bond motifs is 1. The summed E-state index contributed by atoms with van der Waals surface area (Å²) in [5, 5.41) is 4.40. The zero-order valence-corrected chi connectivity index (χ0v) is 12.1. The fourth-order valence-electron chi connectivity index (χ4n) is 2.66. The first-order chi connectivity index (χ1) is 9.08. The zero-order valence-electron chi connectivity index (χ0n) is 12.1. The first-order valence-electron chi connectivity index (χ1n) is 6.58. The summed E-state index contributed by atoms with van der Waals surface area (Å²) < 4.78 is 7.31. The van der Waals surface area contributed by atoms with Crippen LogP contribution in [0.3, 0.4) is 0 Å². The molecule has 0 bridgehead atoms. The molecular weight excluding hydrogens is 244 g/mol. The van der Waals surface area contributed by atoms with Crippen LogP contribution in [0.5, 0.6) is 0 Å². The van der Waals surface area contributed by atoms with E-state index in [0.717, 1.165) is 12.1 Å². The van der Waals surface area contributed by atoms with Gasteiger partial charge in [-0.3, -0.25) is 4.68 Å². The van der Waals surface area contributed by atoms with Crippen molar-refractivity contribution >= 4 is 6.03 Å². The number of methoxy groups -OCH3 is 1. The van der Waals surface area contributed by atoms with Gasteiger partial charge in [-0.05, 0) is 6.92 Å². The molecule has 0 unspecified atom stereocenters. The minimum Gasteiger partial charge on any atom is -0.384 e. The third-order valence-corrected chi connectivity index (χ3v) is 3.47. The van der Waals surface area contributed by atoms with Gasteiger partial charge in [0.25, 0.3) is 0 Å². The molecule has 1 aromatic heterocycles. The number of urea groups is 1. The van der Waals surface area contributed by atoms with E-state index in [4.69, 9.17) is 4.74 Å². The third-order valence-electron chi connectivity index (χ3n) is 3.47. The van der Waals surface area contributed by atoms with Gasteiger partial charge >= 0.3 is 6.03 Å². The highest BCUT2D eigenvalue weighted by molar-refractivity contribution is 5.74. The number of nitrogens with zero attached hydrogens (tertiary/aromatic N) is 4. The van der Waals surface area contributed by atoms with Crippen LogP contribution in [0, 0.1) is 0 Å². The number of hydrogen-bond donors (Lipinski definition) is 0. The maximum Gasteiger partial charge on any atom is 0.319 e. The van der Waals surface area contributed by atoms with E-state index in [9.17, 15) is 4.79 Å². The second-order valence-corrected chi connectivity index (χ2v) is 5.08. The van der Waals surface area contributed by atoms with Crippen molar-refractivity contribution in [1.29, 1.82) is 0 Å². The highest BCUT2D eigenvalue weighted by Gasteiger charge is 2.31. The van der Waals surface area contributed by atoms with Gasteiger partial charge in [-0.15, -0.1) is 0 Å². The molecule has 19 heavy (non-hydrogen) atoms. The summed E-state index contributed by atoms with van der Waals surface area (Å²) >= 11 is 0. The van der Waals surface area contributed by atoms with Crippen LogP contribution in [0.1, 0.15) is 24.1 Å². The van der Waals surface area contributed by atoms with E-state index in [1.165, 1.54) is 5.69 Å². The lowest BCUT2D eigenvalue weighted by atomic mass is 9.97. The van der Waals surface area contributed by atoms with Crippen molar-refractivity contribution in [3.8, 4) is 0 Å². The van der Waals surface area contributed by atoms with Crippen LogP contribution in [-0.4, -0.2) is 60.0 Å². The number of hydrogen-bond acceptors (Lipinski definition) is 3.